The first kappa shape index (κ1) is 16.9. The van der Waals surface area contributed by atoms with Gasteiger partial charge in [0.1, 0.15) is 18.3 Å². The quantitative estimate of drug-likeness (QED) is 0.702. The molecular formula is C14H22O6S2. The summed E-state index contributed by atoms with van der Waals surface area (Å²) in [4.78, 5) is 0. The van der Waals surface area contributed by atoms with Gasteiger partial charge in [0, 0.05) is 0 Å². The highest BCUT2D eigenvalue weighted by Gasteiger charge is 2.60. The van der Waals surface area contributed by atoms with Gasteiger partial charge in [0.2, 0.25) is 10.7 Å². The zero-order valence-electron chi connectivity index (χ0n) is 13.4. The third-order valence-corrected chi connectivity index (χ3v) is 4.85. The maximum absolute atomic E-state index is 6.00. The van der Waals surface area contributed by atoms with E-state index in [4.69, 9.17) is 40.6 Å². The molecule has 0 saturated carbocycles. The van der Waals surface area contributed by atoms with Gasteiger partial charge in [0.05, 0.1) is 6.61 Å². The van der Waals surface area contributed by atoms with Crippen molar-refractivity contribution < 1.29 is 28.4 Å². The maximum Gasteiger partial charge on any atom is 0.231 e. The molecule has 8 heteroatoms. The Morgan fingerprint density at radius 2 is 1.73 bits per heavy atom. The zero-order valence-corrected chi connectivity index (χ0v) is 15.0. The van der Waals surface area contributed by atoms with Gasteiger partial charge in [-0.15, -0.1) is 0 Å². The van der Waals surface area contributed by atoms with E-state index in [0.717, 1.165) is 0 Å². The number of thioether (sulfide) groups is 1. The minimum atomic E-state index is -0.686. The fourth-order valence-electron chi connectivity index (χ4n) is 3.01. The van der Waals surface area contributed by atoms with E-state index in [1.165, 1.54) is 11.8 Å². The predicted molar refractivity (Wildman–Crippen MR) is 84.6 cm³/mol. The topological polar surface area (TPSA) is 55.4 Å². The molecule has 3 saturated heterocycles. The first-order valence-corrected chi connectivity index (χ1v) is 8.91. The normalized spacial score (nSPS) is 42.3. The Balaban J connectivity index is 1.75. The Bertz CT molecular complexity index is 455. The van der Waals surface area contributed by atoms with Gasteiger partial charge in [-0.25, -0.2) is 0 Å². The summed E-state index contributed by atoms with van der Waals surface area (Å²) in [6.07, 6.45) is 0.117. The van der Waals surface area contributed by atoms with Gasteiger partial charge in [-0.1, -0.05) is 11.8 Å². The van der Waals surface area contributed by atoms with Crippen molar-refractivity contribution in [2.45, 2.75) is 70.0 Å². The molecule has 3 aliphatic rings. The second-order valence-electron chi connectivity index (χ2n) is 6.47. The van der Waals surface area contributed by atoms with Crippen LogP contribution < -0.4 is 0 Å². The molecule has 1 unspecified atom stereocenters. The number of hydrogen-bond acceptors (Lipinski definition) is 8. The van der Waals surface area contributed by atoms with Gasteiger partial charge < -0.3 is 28.4 Å². The van der Waals surface area contributed by atoms with Gasteiger partial charge in [-0.2, -0.15) is 0 Å². The van der Waals surface area contributed by atoms with Crippen LogP contribution in [0.2, 0.25) is 0 Å². The molecule has 0 bridgehead atoms. The third-order valence-electron chi connectivity index (χ3n) is 3.82. The van der Waals surface area contributed by atoms with Gasteiger partial charge in [0.25, 0.3) is 0 Å². The Morgan fingerprint density at radius 3 is 2.32 bits per heavy atom. The van der Waals surface area contributed by atoms with E-state index in [1.54, 1.807) is 0 Å². The smallest absolute Gasteiger partial charge is 0.231 e. The minimum absolute atomic E-state index is 0.226. The fourth-order valence-corrected chi connectivity index (χ4v) is 3.29. The van der Waals surface area contributed by atoms with Crippen LogP contribution in [0.5, 0.6) is 0 Å². The van der Waals surface area contributed by atoms with Crippen molar-refractivity contribution in [3.8, 4) is 0 Å². The van der Waals surface area contributed by atoms with Gasteiger partial charge in [0.15, 0.2) is 17.7 Å². The first-order chi connectivity index (χ1) is 10.2. The molecule has 0 aromatic heterocycles. The fraction of sp³-hybridized carbons (Fsp3) is 0.929. The van der Waals surface area contributed by atoms with Crippen LogP contribution in [0, 0.1) is 0 Å². The molecule has 0 radical (unpaired) electrons. The summed E-state index contributed by atoms with van der Waals surface area (Å²) in [6.45, 7) is 7.97. The lowest BCUT2D eigenvalue weighted by Gasteiger charge is -2.26. The average molecular weight is 350 g/mol. The Hall–Kier alpha value is 0.0400. The molecule has 0 aromatic rings. The Morgan fingerprint density at radius 1 is 1.05 bits per heavy atom. The molecule has 0 amide bonds. The van der Waals surface area contributed by atoms with E-state index in [2.05, 4.69) is 0 Å². The molecule has 6 nitrogen and oxygen atoms in total. The predicted octanol–water partition coefficient (Wildman–Crippen LogP) is 2.05. The summed E-state index contributed by atoms with van der Waals surface area (Å²) in [5.41, 5.74) is 0. The molecule has 22 heavy (non-hydrogen) atoms. The number of hydrogen-bond donors (Lipinski definition) is 0. The van der Waals surface area contributed by atoms with Gasteiger partial charge in [-0.05, 0) is 46.2 Å². The lowest BCUT2D eigenvalue weighted by molar-refractivity contribution is -0.231. The highest BCUT2D eigenvalue weighted by molar-refractivity contribution is 8.22. The van der Waals surface area contributed by atoms with Gasteiger partial charge in [-0.3, -0.25) is 0 Å². The van der Waals surface area contributed by atoms with Crippen molar-refractivity contribution in [2.75, 3.05) is 12.9 Å². The molecule has 3 fully saturated rings. The summed E-state index contributed by atoms with van der Waals surface area (Å²) in [5.74, 6) is -1.30. The van der Waals surface area contributed by atoms with Crippen molar-refractivity contribution in [1.29, 1.82) is 0 Å². The van der Waals surface area contributed by atoms with E-state index in [1.807, 2.05) is 34.0 Å². The largest absolute Gasteiger partial charge is 0.446 e. The summed E-state index contributed by atoms with van der Waals surface area (Å²) in [6, 6.07) is 0. The summed E-state index contributed by atoms with van der Waals surface area (Å²) >= 11 is 6.48. The molecule has 0 spiro atoms. The average Bonchev–Trinajstić information content (AvgIpc) is 3.01. The molecular weight excluding hydrogens is 328 g/mol. The standard InChI is InChI=1S/C14H22O6S2/c1-13(2)15-6-7(18-13)8-9-10(20-14(3,4)19-9)11(16-8)17-12(21)22-5/h7-11H,6H2,1-5H3/t7-,8-,9-,10-,11?/m1/s1. The van der Waals surface area contributed by atoms with Crippen molar-refractivity contribution >= 4 is 28.4 Å². The van der Waals surface area contributed by atoms with Crippen LogP contribution >= 0.6 is 24.0 Å². The molecule has 5 atom stereocenters. The Kier molecular flexibility index (Phi) is 4.48. The summed E-state index contributed by atoms with van der Waals surface area (Å²) in [5, 5.41) is 0. The zero-order chi connectivity index (χ0) is 16.1. The van der Waals surface area contributed by atoms with E-state index in [0.29, 0.717) is 11.0 Å². The lowest BCUT2D eigenvalue weighted by atomic mass is 10.1. The number of ether oxygens (including phenoxy) is 6. The van der Waals surface area contributed by atoms with Crippen LogP contribution in [0.15, 0.2) is 0 Å². The summed E-state index contributed by atoms with van der Waals surface area (Å²) < 4.78 is 35.6. The summed E-state index contributed by atoms with van der Waals surface area (Å²) in [7, 11) is 0. The van der Waals surface area contributed by atoms with Crippen LogP contribution in [-0.2, 0) is 28.4 Å². The SMILES string of the molecule is CSC(=S)OC1O[C@H]([C@H]2COC(C)(C)O2)[C@H]2OC(C)(C)O[C@@H]12. The van der Waals surface area contributed by atoms with Crippen molar-refractivity contribution in [3.05, 3.63) is 0 Å². The minimum Gasteiger partial charge on any atom is -0.446 e. The van der Waals surface area contributed by atoms with Crippen LogP contribution in [0.4, 0.5) is 0 Å². The van der Waals surface area contributed by atoms with Crippen LogP contribution in [-0.4, -0.2) is 59.5 Å². The molecule has 0 aromatic carbocycles. The highest BCUT2D eigenvalue weighted by atomic mass is 32.2. The second-order valence-corrected chi connectivity index (χ2v) is 7.88. The highest BCUT2D eigenvalue weighted by Crippen LogP contribution is 2.42. The van der Waals surface area contributed by atoms with Crippen LogP contribution in [0.1, 0.15) is 27.7 Å². The third kappa shape index (κ3) is 3.28. The molecule has 3 rings (SSSR count). The van der Waals surface area contributed by atoms with Crippen molar-refractivity contribution in [2.24, 2.45) is 0 Å². The van der Waals surface area contributed by atoms with Crippen molar-refractivity contribution in [1.82, 2.24) is 0 Å². The number of rotatable bonds is 2. The monoisotopic (exact) mass is 350 g/mol. The number of fused-ring (bicyclic) bond motifs is 1. The van der Waals surface area contributed by atoms with E-state index >= 15 is 0 Å². The second kappa shape index (κ2) is 5.84. The maximum atomic E-state index is 6.00. The molecule has 3 heterocycles. The van der Waals surface area contributed by atoms with E-state index < -0.39 is 17.9 Å². The van der Waals surface area contributed by atoms with Crippen molar-refractivity contribution in [3.63, 3.8) is 0 Å². The number of thiocarbonyl (C=S) groups is 1. The van der Waals surface area contributed by atoms with E-state index in [-0.39, 0.29) is 24.4 Å². The molecule has 3 aliphatic heterocycles. The van der Waals surface area contributed by atoms with E-state index in [9.17, 15) is 0 Å². The molecule has 0 aliphatic carbocycles. The molecule has 0 N–H and O–H groups in total. The van der Waals surface area contributed by atoms with Gasteiger partial charge >= 0.3 is 0 Å². The van der Waals surface area contributed by atoms with Crippen LogP contribution in [0.3, 0.4) is 0 Å². The first-order valence-electron chi connectivity index (χ1n) is 7.28. The lowest BCUT2D eigenvalue weighted by Crippen LogP contribution is -2.40. The molecule has 126 valence electrons. The van der Waals surface area contributed by atoms with Crippen LogP contribution in [0.25, 0.3) is 0 Å². The Labute approximate surface area is 140 Å².